The number of likely N-dealkylation sites (tertiary alicyclic amines) is 1. The molecule has 0 saturated carbocycles. The van der Waals surface area contributed by atoms with Gasteiger partial charge in [-0.05, 0) is 25.2 Å². The number of hydrogen-bond donors (Lipinski definition) is 2. The molecular weight excluding hydrogens is 232 g/mol. The third-order valence-electron chi connectivity index (χ3n) is 3.60. The van der Waals surface area contributed by atoms with Gasteiger partial charge in [0.2, 0.25) is 0 Å². The monoisotopic (exact) mass is 256 g/mol. The van der Waals surface area contributed by atoms with Crippen LogP contribution in [0.5, 0.6) is 0 Å². The highest BCUT2D eigenvalue weighted by Crippen LogP contribution is 2.23. The number of nitrogens with zero attached hydrogens (tertiary/aromatic N) is 1. The number of urea groups is 1. The Morgan fingerprint density at radius 1 is 1.39 bits per heavy atom. The first kappa shape index (κ1) is 14.8. The van der Waals surface area contributed by atoms with Crippen LogP contribution < -0.4 is 5.32 Å². The number of carboxylic acid groups (broad SMARTS) is 1. The van der Waals surface area contributed by atoms with E-state index in [1.807, 2.05) is 4.90 Å². The molecule has 0 aromatic heterocycles. The average molecular weight is 256 g/mol. The number of aliphatic carboxylic acids is 1. The summed E-state index contributed by atoms with van der Waals surface area (Å²) in [7, 11) is 0. The molecule has 2 N–H and O–H groups in total. The summed E-state index contributed by atoms with van der Waals surface area (Å²) in [6, 6.07) is 0.269. The van der Waals surface area contributed by atoms with Gasteiger partial charge in [-0.1, -0.05) is 20.8 Å². The van der Waals surface area contributed by atoms with Crippen molar-refractivity contribution in [2.24, 2.45) is 11.8 Å². The topological polar surface area (TPSA) is 69.6 Å². The van der Waals surface area contributed by atoms with Gasteiger partial charge in [0.1, 0.15) is 0 Å². The second kappa shape index (κ2) is 6.61. The number of carboxylic acids is 1. The van der Waals surface area contributed by atoms with Crippen molar-refractivity contribution in [1.29, 1.82) is 0 Å². The van der Waals surface area contributed by atoms with Gasteiger partial charge in [0.25, 0.3) is 0 Å². The van der Waals surface area contributed by atoms with Crippen LogP contribution in [-0.2, 0) is 4.79 Å². The van der Waals surface area contributed by atoms with Crippen molar-refractivity contribution in [1.82, 2.24) is 10.2 Å². The van der Waals surface area contributed by atoms with Gasteiger partial charge in [0, 0.05) is 19.1 Å². The number of hydrogen-bond acceptors (Lipinski definition) is 2. The fraction of sp³-hybridized carbons (Fsp3) is 0.846. The largest absolute Gasteiger partial charge is 0.481 e. The van der Waals surface area contributed by atoms with Crippen LogP contribution in [0, 0.1) is 11.8 Å². The minimum absolute atomic E-state index is 0.0520. The van der Waals surface area contributed by atoms with E-state index in [2.05, 4.69) is 19.2 Å². The lowest BCUT2D eigenvalue weighted by Crippen LogP contribution is -2.45. The maximum Gasteiger partial charge on any atom is 0.317 e. The quantitative estimate of drug-likeness (QED) is 0.789. The fourth-order valence-electron chi connectivity index (χ4n) is 2.36. The summed E-state index contributed by atoms with van der Waals surface area (Å²) in [5.74, 6) is -0.758. The van der Waals surface area contributed by atoms with Crippen molar-refractivity contribution in [3.63, 3.8) is 0 Å². The lowest BCUT2D eigenvalue weighted by Gasteiger charge is -2.27. The molecule has 2 atom stereocenters. The predicted molar refractivity (Wildman–Crippen MR) is 69.4 cm³/mol. The normalized spacial score (nSPS) is 21.1. The highest BCUT2D eigenvalue weighted by Gasteiger charge is 2.30. The van der Waals surface area contributed by atoms with Crippen LogP contribution in [-0.4, -0.2) is 41.1 Å². The molecule has 0 aromatic carbocycles. The Labute approximate surface area is 109 Å². The second-order valence-electron chi connectivity index (χ2n) is 5.41. The van der Waals surface area contributed by atoms with Crippen LogP contribution in [0.4, 0.5) is 4.79 Å². The Hall–Kier alpha value is -1.26. The number of nitrogens with one attached hydrogen (secondary N) is 1. The van der Waals surface area contributed by atoms with Crippen LogP contribution in [0.2, 0.25) is 0 Å². The molecule has 5 heteroatoms. The molecule has 1 fully saturated rings. The van der Waals surface area contributed by atoms with Gasteiger partial charge in [0.15, 0.2) is 0 Å². The molecule has 1 aliphatic rings. The third-order valence-corrected chi connectivity index (χ3v) is 3.60. The van der Waals surface area contributed by atoms with Crippen LogP contribution in [0.1, 0.15) is 40.0 Å². The van der Waals surface area contributed by atoms with Gasteiger partial charge in [-0.3, -0.25) is 4.79 Å². The van der Waals surface area contributed by atoms with Crippen LogP contribution in [0.3, 0.4) is 0 Å². The van der Waals surface area contributed by atoms with E-state index in [-0.39, 0.29) is 6.03 Å². The SMILES string of the molecule is CC(CCNC(=O)N1CCCC1C(C)C)C(=O)O. The zero-order valence-corrected chi connectivity index (χ0v) is 11.5. The fourth-order valence-corrected chi connectivity index (χ4v) is 2.36. The van der Waals surface area contributed by atoms with E-state index in [1.165, 1.54) is 0 Å². The molecule has 1 heterocycles. The predicted octanol–water partition coefficient (Wildman–Crippen LogP) is 1.93. The van der Waals surface area contributed by atoms with E-state index >= 15 is 0 Å². The molecule has 2 amide bonds. The van der Waals surface area contributed by atoms with E-state index < -0.39 is 11.9 Å². The lowest BCUT2D eigenvalue weighted by atomic mass is 10.0. The maximum absolute atomic E-state index is 12.0. The molecule has 1 saturated heterocycles. The summed E-state index contributed by atoms with van der Waals surface area (Å²) in [5.41, 5.74) is 0. The summed E-state index contributed by atoms with van der Waals surface area (Å²) in [6.45, 7) is 7.14. The van der Waals surface area contributed by atoms with Crippen molar-refractivity contribution in [3.05, 3.63) is 0 Å². The standard InChI is InChI=1S/C13H24N2O3/c1-9(2)11-5-4-8-15(11)13(18)14-7-6-10(3)12(16)17/h9-11H,4-8H2,1-3H3,(H,14,18)(H,16,17). The summed E-state index contributed by atoms with van der Waals surface area (Å²) < 4.78 is 0. The Balaban J connectivity index is 2.34. The zero-order valence-electron chi connectivity index (χ0n) is 11.5. The van der Waals surface area contributed by atoms with E-state index in [0.717, 1.165) is 19.4 Å². The first-order valence-corrected chi connectivity index (χ1v) is 6.70. The highest BCUT2D eigenvalue weighted by atomic mass is 16.4. The summed E-state index contributed by atoms with van der Waals surface area (Å²) >= 11 is 0. The third kappa shape index (κ3) is 3.89. The van der Waals surface area contributed by atoms with E-state index in [4.69, 9.17) is 5.11 Å². The highest BCUT2D eigenvalue weighted by molar-refractivity contribution is 5.75. The molecule has 18 heavy (non-hydrogen) atoms. The van der Waals surface area contributed by atoms with Crippen LogP contribution >= 0.6 is 0 Å². The smallest absolute Gasteiger partial charge is 0.317 e. The van der Waals surface area contributed by atoms with Gasteiger partial charge in [-0.15, -0.1) is 0 Å². The molecule has 5 nitrogen and oxygen atoms in total. The van der Waals surface area contributed by atoms with Crippen molar-refractivity contribution < 1.29 is 14.7 Å². The van der Waals surface area contributed by atoms with Gasteiger partial charge in [-0.25, -0.2) is 4.79 Å². The van der Waals surface area contributed by atoms with Crippen LogP contribution in [0.15, 0.2) is 0 Å². The molecule has 104 valence electrons. The molecule has 2 unspecified atom stereocenters. The molecule has 1 rings (SSSR count). The molecular formula is C13H24N2O3. The summed E-state index contributed by atoms with van der Waals surface area (Å²) in [4.78, 5) is 24.5. The lowest BCUT2D eigenvalue weighted by molar-refractivity contribution is -0.141. The van der Waals surface area contributed by atoms with Gasteiger partial charge in [-0.2, -0.15) is 0 Å². The maximum atomic E-state index is 12.0. The van der Waals surface area contributed by atoms with Gasteiger partial charge < -0.3 is 15.3 Å². The molecule has 0 aromatic rings. The minimum Gasteiger partial charge on any atom is -0.481 e. The van der Waals surface area contributed by atoms with Gasteiger partial charge >= 0.3 is 12.0 Å². The molecule has 0 aliphatic carbocycles. The van der Waals surface area contributed by atoms with Crippen molar-refractivity contribution >= 4 is 12.0 Å². The van der Waals surface area contributed by atoms with E-state index in [0.29, 0.717) is 24.9 Å². The van der Waals surface area contributed by atoms with Crippen molar-refractivity contribution in [2.75, 3.05) is 13.1 Å². The molecule has 0 spiro atoms. The van der Waals surface area contributed by atoms with Gasteiger partial charge in [0.05, 0.1) is 5.92 Å². The number of carbonyl (C=O) groups excluding carboxylic acids is 1. The van der Waals surface area contributed by atoms with E-state index in [9.17, 15) is 9.59 Å². The molecule has 1 aliphatic heterocycles. The summed E-state index contributed by atoms with van der Waals surface area (Å²) in [5, 5.41) is 11.6. The Bertz CT molecular complexity index is 305. The Morgan fingerprint density at radius 2 is 2.06 bits per heavy atom. The number of amides is 2. The zero-order chi connectivity index (χ0) is 13.7. The Kier molecular flexibility index (Phi) is 5.44. The van der Waals surface area contributed by atoms with Crippen molar-refractivity contribution in [2.45, 2.75) is 46.1 Å². The first-order chi connectivity index (χ1) is 8.43. The first-order valence-electron chi connectivity index (χ1n) is 6.70. The average Bonchev–Trinajstić information content (AvgIpc) is 2.77. The number of rotatable bonds is 5. The number of carbonyl (C=O) groups is 2. The van der Waals surface area contributed by atoms with Crippen molar-refractivity contribution in [3.8, 4) is 0 Å². The van der Waals surface area contributed by atoms with E-state index in [1.54, 1.807) is 6.92 Å². The second-order valence-corrected chi connectivity index (χ2v) is 5.41. The molecule has 0 radical (unpaired) electrons. The Morgan fingerprint density at radius 3 is 2.61 bits per heavy atom. The van der Waals surface area contributed by atoms with Crippen LogP contribution in [0.25, 0.3) is 0 Å². The summed E-state index contributed by atoms with van der Waals surface area (Å²) in [6.07, 6.45) is 2.60. The minimum atomic E-state index is -0.814. The molecule has 0 bridgehead atoms.